The molecule has 3 fully saturated rings. The summed E-state index contributed by atoms with van der Waals surface area (Å²) in [7, 11) is -3.56. The van der Waals surface area contributed by atoms with Crippen LogP contribution in [0.15, 0.2) is 0 Å². The monoisotopic (exact) mass is 653 g/mol. The van der Waals surface area contributed by atoms with Crippen LogP contribution >= 0.6 is 0 Å². The summed E-state index contributed by atoms with van der Waals surface area (Å²) in [6.45, 7) is 16.6. The second-order valence-corrected chi connectivity index (χ2v) is 18.8. The molecule has 256 valence electrons. The molecule has 1 aliphatic heterocycles. The highest BCUT2D eigenvalue weighted by Crippen LogP contribution is 2.65. The number of rotatable bonds is 11. The number of hydrogen-bond donors (Lipinski definition) is 4. The van der Waals surface area contributed by atoms with Gasteiger partial charge in [-0.1, -0.05) is 67.2 Å². The number of carbonyl (C=O) groups excluding carboxylic acids is 5. The number of urea groups is 1. The fraction of sp³-hybridized carbons (Fsp3) is 0.844. The molecule has 2 aliphatic carbocycles. The Bertz CT molecular complexity index is 1290. The van der Waals surface area contributed by atoms with Crippen molar-refractivity contribution in [1.29, 1.82) is 0 Å². The summed E-state index contributed by atoms with van der Waals surface area (Å²) in [4.78, 5) is 67.2. The third kappa shape index (κ3) is 7.82. The SMILES string of the molecule is CCCC(NC(=O)[C@@H]1[C@@H]2C(CN1C(=O)[C@@H](NC(=O)NC1(CS(=O)(=O)C(C)(C)C)CCCCC1)C(C)(C)C)C2(C)C)C(=O)C(N)=O. The van der Waals surface area contributed by atoms with E-state index in [4.69, 9.17) is 5.73 Å². The van der Waals surface area contributed by atoms with Gasteiger partial charge in [-0.2, -0.15) is 0 Å². The number of sulfone groups is 1. The van der Waals surface area contributed by atoms with Gasteiger partial charge in [0.1, 0.15) is 12.1 Å². The summed E-state index contributed by atoms with van der Waals surface area (Å²) in [5.41, 5.74) is 3.31. The molecule has 0 aromatic rings. The molecule has 5 atom stereocenters. The standard InChI is InChI=1S/C32H55N5O7S/c1-10-14-20(23(38)25(33)39)34-26(40)22-21-19(31(21,8)9)17-37(22)27(41)24(29(2,3)4)35-28(42)36-32(15-12-11-13-16-32)18-45(43,44)30(5,6)7/h19-22,24H,10-18H2,1-9H3,(H2,33,39)(H,34,40)(H2,35,36,42)/t19?,20?,21-,22-,24+/m0/s1. The van der Waals surface area contributed by atoms with E-state index in [0.29, 0.717) is 25.8 Å². The van der Waals surface area contributed by atoms with E-state index in [-0.39, 0.29) is 29.4 Å². The number of ketones is 1. The van der Waals surface area contributed by atoms with Gasteiger partial charge in [-0.25, -0.2) is 13.2 Å². The van der Waals surface area contributed by atoms with Crippen LogP contribution in [-0.4, -0.2) is 83.6 Å². The van der Waals surface area contributed by atoms with E-state index in [1.54, 1.807) is 20.8 Å². The van der Waals surface area contributed by atoms with Gasteiger partial charge in [0.25, 0.3) is 5.91 Å². The lowest BCUT2D eigenvalue weighted by molar-refractivity contribution is -0.145. The molecule has 5 amide bonds. The lowest BCUT2D eigenvalue weighted by atomic mass is 9.83. The van der Waals surface area contributed by atoms with E-state index in [0.717, 1.165) is 19.3 Å². The molecule has 3 aliphatic rings. The van der Waals surface area contributed by atoms with E-state index in [1.165, 1.54) is 4.90 Å². The highest BCUT2D eigenvalue weighted by Gasteiger charge is 2.70. The fourth-order valence-corrected chi connectivity index (χ4v) is 8.66. The van der Waals surface area contributed by atoms with Crippen molar-refractivity contribution in [2.75, 3.05) is 12.3 Å². The van der Waals surface area contributed by atoms with Gasteiger partial charge in [-0.3, -0.25) is 19.2 Å². The zero-order chi connectivity index (χ0) is 34.3. The molecule has 0 bridgehead atoms. The zero-order valence-corrected chi connectivity index (χ0v) is 29.4. The number of nitrogens with zero attached hydrogens (tertiary/aromatic N) is 1. The van der Waals surface area contributed by atoms with E-state index >= 15 is 0 Å². The molecule has 1 saturated heterocycles. The Morgan fingerprint density at radius 1 is 0.956 bits per heavy atom. The van der Waals surface area contributed by atoms with Crippen LogP contribution < -0.4 is 21.7 Å². The summed E-state index contributed by atoms with van der Waals surface area (Å²) in [5.74, 6) is -3.28. The third-order valence-corrected chi connectivity index (χ3v) is 13.0. The van der Waals surface area contributed by atoms with Crippen molar-refractivity contribution in [1.82, 2.24) is 20.9 Å². The Hall–Kier alpha value is -2.70. The molecule has 13 heteroatoms. The van der Waals surface area contributed by atoms with Crippen LogP contribution in [0.3, 0.4) is 0 Å². The first-order valence-corrected chi connectivity index (χ1v) is 17.9. The summed E-state index contributed by atoms with van der Waals surface area (Å²) in [6, 6.07) is -3.65. The summed E-state index contributed by atoms with van der Waals surface area (Å²) >= 11 is 0. The summed E-state index contributed by atoms with van der Waals surface area (Å²) < 4.78 is 25.5. The topological polar surface area (TPSA) is 185 Å². The van der Waals surface area contributed by atoms with E-state index in [2.05, 4.69) is 16.0 Å². The van der Waals surface area contributed by atoms with Gasteiger partial charge in [-0.15, -0.1) is 0 Å². The average Bonchev–Trinajstić information content (AvgIpc) is 3.21. The molecule has 0 aromatic carbocycles. The van der Waals surface area contributed by atoms with E-state index < -0.39 is 73.2 Å². The number of piperidine rings is 1. The molecule has 2 saturated carbocycles. The minimum absolute atomic E-state index is 0.0521. The van der Waals surface area contributed by atoms with Crippen LogP contribution in [0.2, 0.25) is 0 Å². The number of amides is 5. The Balaban J connectivity index is 1.86. The lowest BCUT2D eigenvalue weighted by Gasteiger charge is -2.41. The Morgan fingerprint density at radius 2 is 1.53 bits per heavy atom. The van der Waals surface area contributed by atoms with Gasteiger partial charge in [0.05, 0.1) is 22.1 Å². The number of hydrogen-bond acceptors (Lipinski definition) is 7. The maximum Gasteiger partial charge on any atom is 0.315 e. The predicted octanol–water partition coefficient (Wildman–Crippen LogP) is 2.44. The molecule has 0 spiro atoms. The Kier molecular flexibility index (Phi) is 10.5. The van der Waals surface area contributed by atoms with Gasteiger partial charge in [0, 0.05) is 6.54 Å². The molecule has 1 heterocycles. The van der Waals surface area contributed by atoms with Crippen molar-refractivity contribution in [2.24, 2.45) is 28.4 Å². The van der Waals surface area contributed by atoms with Crippen LogP contribution in [0.4, 0.5) is 4.79 Å². The quantitative estimate of drug-likeness (QED) is 0.247. The molecule has 12 nitrogen and oxygen atoms in total. The minimum atomic E-state index is -3.56. The number of fused-ring (bicyclic) bond motifs is 1. The first-order chi connectivity index (χ1) is 20.5. The van der Waals surface area contributed by atoms with Crippen molar-refractivity contribution in [2.45, 2.75) is 136 Å². The van der Waals surface area contributed by atoms with Gasteiger partial charge < -0.3 is 26.6 Å². The molecule has 45 heavy (non-hydrogen) atoms. The Morgan fingerprint density at radius 3 is 2.02 bits per heavy atom. The second-order valence-electron chi connectivity index (χ2n) is 16.1. The smallest absolute Gasteiger partial charge is 0.315 e. The van der Waals surface area contributed by atoms with Crippen molar-refractivity contribution in [3.63, 3.8) is 0 Å². The highest BCUT2D eigenvalue weighted by atomic mass is 32.2. The molecular formula is C32H55N5O7S. The number of nitrogens with two attached hydrogens (primary N) is 1. The summed E-state index contributed by atoms with van der Waals surface area (Å²) in [5, 5.41) is 8.52. The van der Waals surface area contributed by atoms with E-state index in [9.17, 15) is 32.4 Å². The lowest BCUT2D eigenvalue weighted by Crippen LogP contribution is -2.64. The molecule has 3 rings (SSSR count). The third-order valence-electron chi connectivity index (χ3n) is 10.2. The van der Waals surface area contributed by atoms with Crippen LogP contribution in [0, 0.1) is 22.7 Å². The number of likely N-dealkylation sites (tertiary alicyclic amines) is 1. The maximum absolute atomic E-state index is 14.3. The van der Waals surface area contributed by atoms with Crippen LogP contribution in [-0.2, 0) is 29.0 Å². The normalized spacial score (nSPS) is 25.4. The van der Waals surface area contributed by atoms with Crippen LogP contribution in [0.25, 0.3) is 0 Å². The largest absolute Gasteiger partial charge is 0.363 e. The van der Waals surface area contributed by atoms with E-state index in [1.807, 2.05) is 41.5 Å². The molecule has 0 radical (unpaired) electrons. The van der Waals surface area contributed by atoms with Gasteiger partial charge in [-0.05, 0) is 62.7 Å². The van der Waals surface area contributed by atoms with Crippen LogP contribution in [0.1, 0.15) is 107 Å². The first-order valence-electron chi connectivity index (χ1n) is 16.2. The molecule has 0 aromatic heterocycles. The predicted molar refractivity (Wildman–Crippen MR) is 172 cm³/mol. The Labute approximate surface area is 268 Å². The van der Waals surface area contributed by atoms with Gasteiger partial charge in [0.15, 0.2) is 9.84 Å². The minimum Gasteiger partial charge on any atom is -0.363 e. The van der Waals surface area contributed by atoms with Crippen molar-refractivity contribution < 1.29 is 32.4 Å². The highest BCUT2D eigenvalue weighted by molar-refractivity contribution is 7.92. The molecule has 2 unspecified atom stereocenters. The number of carbonyl (C=O) groups is 5. The van der Waals surface area contributed by atoms with Crippen molar-refractivity contribution in [3.05, 3.63) is 0 Å². The van der Waals surface area contributed by atoms with Crippen LogP contribution in [0.5, 0.6) is 0 Å². The fourth-order valence-electron chi connectivity index (χ4n) is 7.14. The molecule has 5 N–H and O–H groups in total. The average molecular weight is 654 g/mol. The number of Topliss-reactive ketones (excluding diaryl/α,β-unsaturated/α-hetero) is 1. The van der Waals surface area contributed by atoms with Gasteiger partial charge in [0.2, 0.25) is 17.6 Å². The molecular weight excluding hydrogens is 598 g/mol. The van der Waals surface area contributed by atoms with Gasteiger partial charge >= 0.3 is 6.03 Å². The first kappa shape index (κ1) is 36.8. The zero-order valence-electron chi connectivity index (χ0n) is 28.5. The summed E-state index contributed by atoms with van der Waals surface area (Å²) in [6.07, 6.45) is 4.29. The van der Waals surface area contributed by atoms with Crippen molar-refractivity contribution in [3.8, 4) is 0 Å². The number of nitrogens with one attached hydrogen (secondary N) is 3. The van der Waals surface area contributed by atoms with Crippen molar-refractivity contribution >= 4 is 39.4 Å². The second kappa shape index (κ2) is 12.8. The maximum atomic E-state index is 14.3. The number of primary amides is 1.